The monoisotopic (exact) mass is 291 g/mol. The molecule has 2 heterocycles. The zero-order valence-electron chi connectivity index (χ0n) is 10.5. The molecule has 1 aliphatic heterocycles. The van der Waals surface area contributed by atoms with E-state index in [1.165, 1.54) is 16.2 Å². The van der Waals surface area contributed by atoms with Crippen LogP contribution in [0.15, 0.2) is 47.5 Å². The number of anilines is 1. The third-order valence-electron chi connectivity index (χ3n) is 3.26. The van der Waals surface area contributed by atoms with Crippen molar-refractivity contribution in [3.05, 3.63) is 48.3 Å². The van der Waals surface area contributed by atoms with Crippen molar-refractivity contribution in [3.63, 3.8) is 0 Å². The van der Waals surface area contributed by atoms with Crippen LogP contribution in [0.4, 0.5) is 5.69 Å². The molecule has 2 aromatic rings. The quantitative estimate of drug-likeness (QED) is 0.865. The van der Waals surface area contributed by atoms with Gasteiger partial charge >= 0.3 is 0 Å². The predicted octanol–water partition coefficient (Wildman–Crippen LogP) is 1.07. The zero-order chi connectivity index (χ0) is 14.3. The van der Waals surface area contributed by atoms with Gasteiger partial charge in [-0.05, 0) is 24.3 Å². The van der Waals surface area contributed by atoms with Gasteiger partial charge in [-0.25, -0.2) is 12.4 Å². The molecule has 1 aromatic heterocycles. The van der Waals surface area contributed by atoms with Gasteiger partial charge in [0.1, 0.15) is 4.90 Å². The maximum Gasteiger partial charge on any atom is 0.269 e. The summed E-state index contributed by atoms with van der Waals surface area (Å²) < 4.78 is 26.4. The Morgan fingerprint density at radius 1 is 1.25 bits per heavy atom. The summed E-state index contributed by atoms with van der Waals surface area (Å²) in [5, 5.41) is 3.09. The second-order valence-corrected chi connectivity index (χ2v) is 6.38. The van der Waals surface area contributed by atoms with Crippen LogP contribution >= 0.6 is 0 Å². The first-order valence-electron chi connectivity index (χ1n) is 6.07. The minimum atomic E-state index is -3.66. The summed E-state index contributed by atoms with van der Waals surface area (Å²) in [6.07, 6.45) is 1.50. The molecule has 6 nitrogen and oxygen atoms in total. The Morgan fingerprint density at radius 3 is 2.75 bits per heavy atom. The van der Waals surface area contributed by atoms with Gasteiger partial charge in [0.05, 0.1) is 23.8 Å². The largest absolute Gasteiger partial charge is 0.375 e. The number of fused-ring (bicyclic) bond motifs is 2. The average Bonchev–Trinajstić information content (AvgIpc) is 2.85. The molecule has 3 N–H and O–H groups in total. The van der Waals surface area contributed by atoms with Crippen molar-refractivity contribution in [3.8, 4) is 0 Å². The number of para-hydroxylation sites is 1. The van der Waals surface area contributed by atoms with E-state index in [1.54, 1.807) is 30.3 Å². The van der Waals surface area contributed by atoms with Gasteiger partial charge in [-0.15, -0.1) is 0 Å². The van der Waals surface area contributed by atoms with E-state index < -0.39 is 22.0 Å². The minimum absolute atomic E-state index is 0.0217. The lowest BCUT2D eigenvalue weighted by molar-refractivity contribution is -0.118. The number of nitrogens with zero attached hydrogens (tertiary/aromatic N) is 1. The van der Waals surface area contributed by atoms with Crippen molar-refractivity contribution >= 4 is 21.6 Å². The fraction of sp³-hybridized carbons (Fsp3) is 0.154. The highest BCUT2D eigenvalue weighted by Crippen LogP contribution is 2.34. The number of hydrogen-bond acceptors (Lipinski definition) is 4. The highest BCUT2D eigenvalue weighted by atomic mass is 32.2. The van der Waals surface area contributed by atoms with Crippen molar-refractivity contribution in [1.82, 2.24) is 3.97 Å². The first kappa shape index (κ1) is 12.7. The number of amides is 1. The van der Waals surface area contributed by atoms with Crippen LogP contribution in [0.3, 0.4) is 0 Å². The number of nitrogens with two attached hydrogens (primary N) is 1. The number of rotatable bonds is 2. The number of aromatic nitrogens is 1. The fourth-order valence-corrected chi connectivity index (χ4v) is 3.97. The Kier molecular flexibility index (Phi) is 2.79. The molecule has 1 aromatic carbocycles. The second-order valence-electron chi connectivity index (χ2n) is 4.60. The minimum Gasteiger partial charge on any atom is -0.375 e. The topological polar surface area (TPSA) is 94.2 Å². The van der Waals surface area contributed by atoms with E-state index in [2.05, 4.69) is 5.32 Å². The number of primary amides is 1. The molecule has 3 rings (SSSR count). The molecule has 1 atom stereocenters. The van der Waals surface area contributed by atoms with Gasteiger partial charge in [-0.2, -0.15) is 0 Å². The van der Waals surface area contributed by atoms with Crippen LogP contribution < -0.4 is 11.1 Å². The van der Waals surface area contributed by atoms with Crippen LogP contribution in [0.1, 0.15) is 18.2 Å². The van der Waals surface area contributed by atoms with Crippen LogP contribution in [0.2, 0.25) is 0 Å². The molecule has 0 saturated carbocycles. The first-order valence-corrected chi connectivity index (χ1v) is 7.51. The van der Waals surface area contributed by atoms with Gasteiger partial charge in [0.2, 0.25) is 5.91 Å². The van der Waals surface area contributed by atoms with Crippen molar-refractivity contribution in [2.75, 3.05) is 5.32 Å². The van der Waals surface area contributed by atoms with E-state index in [4.69, 9.17) is 5.73 Å². The first-order chi connectivity index (χ1) is 9.50. The van der Waals surface area contributed by atoms with E-state index in [0.29, 0.717) is 11.4 Å². The highest BCUT2D eigenvalue weighted by Gasteiger charge is 2.31. The van der Waals surface area contributed by atoms with Crippen LogP contribution in [0, 0.1) is 0 Å². The second kappa shape index (κ2) is 4.38. The summed E-state index contributed by atoms with van der Waals surface area (Å²) in [5.41, 5.74) is 6.22. The Balaban J connectivity index is 2.25. The molecule has 1 unspecified atom stereocenters. The number of hydrogen-bond donors (Lipinski definition) is 2. The number of carbonyl (C=O) groups is 1. The summed E-state index contributed by atoms with van der Waals surface area (Å²) >= 11 is 0. The lowest BCUT2D eigenvalue weighted by Gasteiger charge is -2.16. The Labute approximate surface area is 116 Å². The van der Waals surface area contributed by atoms with E-state index in [0.717, 1.165) is 0 Å². The molecule has 0 radical (unpaired) electrons. The Morgan fingerprint density at radius 2 is 2.00 bits per heavy atom. The summed E-state index contributed by atoms with van der Waals surface area (Å²) in [6.45, 7) is 0. The fourth-order valence-electron chi connectivity index (χ4n) is 2.40. The smallest absolute Gasteiger partial charge is 0.269 e. The molecule has 1 aliphatic rings. The highest BCUT2D eigenvalue weighted by molar-refractivity contribution is 7.90. The van der Waals surface area contributed by atoms with Crippen LogP contribution in [0.25, 0.3) is 0 Å². The van der Waals surface area contributed by atoms with Crippen molar-refractivity contribution in [2.45, 2.75) is 17.4 Å². The van der Waals surface area contributed by atoms with Crippen LogP contribution in [-0.2, 0) is 14.8 Å². The van der Waals surface area contributed by atoms with Crippen molar-refractivity contribution in [2.24, 2.45) is 5.73 Å². The molecule has 0 aliphatic carbocycles. The molecule has 0 bridgehead atoms. The molecule has 1 amide bonds. The van der Waals surface area contributed by atoms with E-state index in [9.17, 15) is 13.2 Å². The lowest BCUT2D eigenvalue weighted by Crippen LogP contribution is -2.21. The molecule has 104 valence electrons. The summed E-state index contributed by atoms with van der Waals surface area (Å²) in [5.74, 6) is -0.493. The van der Waals surface area contributed by atoms with E-state index in [-0.39, 0.29) is 11.3 Å². The summed E-state index contributed by atoms with van der Waals surface area (Å²) in [6, 6.07) is 9.45. The van der Waals surface area contributed by atoms with Gasteiger partial charge in [-0.1, -0.05) is 12.1 Å². The molecular formula is C13H13N3O3S. The lowest BCUT2D eigenvalue weighted by atomic mass is 10.1. The molecule has 20 heavy (non-hydrogen) atoms. The maximum absolute atomic E-state index is 12.6. The molecule has 0 fully saturated rings. The van der Waals surface area contributed by atoms with Gasteiger partial charge in [0, 0.05) is 6.20 Å². The number of nitrogens with one attached hydrogen (secondary N) is 1. The third kappa shape index (κ3) is 1.87. The van der Waals surface area contributed by atoms with Crippen LogP contribution in [-0.4, -0.2) is 18.3 Å². The van der Waals surface area contributed by atoms with Gasteiger partial charge in [0.15, 0.2) is 0 Å². The van der Waals surface area contributed by atoms with Crippen LogP contribution in [0.5, 0.6) is 0 Å². The molecule has 7 heteroatoms. The van der Waals surface area contributed by atoms with Crippen molar-refractivity contribution in [1.29, 1.82) is 0 Å². The zero-order valence-corrected chi connectivity index (χ0v) is 11.3. The number of benzene rings is 1. The summed E-state index contributed by atoms with van der Waals surface area (Å²) in [7, 11) is -3.66. The SMILES string of the molecule is NC(=O)CC1Nc2ccccc2S(=O)(=O)n2cccc21. The molecule has 0 spiro atoms. The van der Waals surface area contributed by atoms with E-state index >= 15 is 0 Å². The van der Waals surface area contributed by atoms with Gasteiger partial charge < -0.3 is 11.1 Å². The predicted molar refractivity (Wildman–Crippen MR) is 73.6 cm³/mol. The third-order valence-corrected chi connectivity index (χ3v) is 5.02. The Bertz CT molecular complexity index is 780. The number of carbonyl (C=O) groups excluding carboxylic acids is 1. The average molecular weight is 291 g/mol. The molecule has 0 saturated heterocycles. The Hall–Kier alpha value is -2.28. The van der Waals surface area contributed by atoms with Gasteiger partial charge in [0.25, 0.3) is 10.0 Å². The van der Waals surface area contributed by atoms with Crippen molar-refractivity contribution < 1.29 is 13.2 Å². The normalized spacial score (nSPS) is 19.3. The summed E-state index contributed by atoms with van der Waals surface area (Å²) in [4.78, 5) is 11.4. The molecular weight excluding hydrogens is 278 g/mol. The van der Waals surface area contributed by atoms with E-state index in [1.807, 2.05) is 0 Å². The standard InChI is InChI=1S/C13H13N3O3S/c14-13(17)8-10-11-5-3-7-16(11)20(18,19)12-6-2-1-4-9(12)15-10/h1-7,10,15H,8H2,(H2,14,17). The van der Waals surface area contributed by atoms with Gasteiger partial charge in [-0.3, -0.25) is 4.79 Å². The maximum atomic E-state index is 12.6.